The minimum absolute atomic E-state index is 0.00255. The van der Waals surface area contributed by atoms with Crippen LogP contribution in [0.5, 0.6) is 0 Å². The number of rotatable bonds is 6. The van der Waals surface area contributed by atoms with Crippen LogP contribution in [0.1, 0.15) is 39.5 Å². The van der Waals surface area contributed by atoms with Crippen LogP contribution in [0.25, 0.3) is 0 Å². The first-order chi connectivity index (χ1) is 8.04. The molecule has 1 aromatic rings. The average Bonchev–Trinajstić information content (AvgIpc) is 2.25. The largest absolute Gasteiger partial charge is 0.380 e. The lowest BCUT2D eigenvalue weighted by atomic mass is 10.1. The molecule has 0 amide bonds. The fraction of sp³-hybridized carbons (Fsp3) is 0.538. The van der Waals surface area contributed by atoms with E-state index in [9.17, 15) is 13.2 Å². The van der Waals surface area contributed by atoms with Crippen molar-refractivity contribution in [3.63, 3.8) is 0 Å². The second kappa shape index (κ2) is 6.52. The number of benzene rings is 1. The molecule has 1 rings (SSSR count). The van der Waals surface area contributed by atoms with E-state index in [-0.39, 0.29) is 11.7 Å². The highest BCUT2D eigenvalue weighted by Gasteiger charge is 2.12. The first kappa shape index (κ1) is 13.9. The third-order valence-corrected chi connectivity index (χ3v) is 2.64. The Morgan fingerprint density at radius 2 is 1.88 bits per heavy atom. The Balaban J connectivity index is 2.61. The van der Waals surface area contributed by atoms with E-state index in [1.807, 2.05) is 6.92 Å². The zero-order chi connectivity index (χ0) is 12.8. The van der Waals surface area contributed by atoms with Crippen molar-refractivity contribution in [2.75, 3.05) is 5.32 Å². The predicted molar refractivity (Wildman–Crippen MR) is 63.5 cm³/mol. The molecule has 0 aliphatic heterocycles. The van der Waals surface area contributed by atoms with E-state index in [4.69, 9.17) is 0 Å². The molecule has 1 N–H and O–H groups in total. The topological polar surface area (TPSA) is 12.0 Å². The zero-order valence-corrected chi connectivity index (χ0v) is 10.2. The maximum absolute atomic E-state index is 13.3. The lowest BCUT2D eigenvalue weighted by molar-refractivity contribution is 0.495. The average molecular weight is 245 g/mol. The number of anilines is 1. The molecule has 1 unspecified atom stereocenters. The molecule has 0 radical (unpaired) electrons. The molecule has 0 aliphatic rings. The van der Waals surface area contributed by atoms with E-state index in [0.717, 1.165) is 31.7 Å². The SMILES string of the molecule is CCCCCC(C)Nc1cc(F)cc(F)c1F. The third-order valence-electron chi connectivity index (χ3n) is 2.64. The summed E-state index contributed by atoms with van der Waals surface area (Å²) in [5, 5.41) is 2.80. The summed E-state index contributed by atoms with van der Waals surface area (Å²) in [5.74, 6) is -2.95. The van der Waals surface area contributed by atoms with Crippen molar-refractivity contribution < 1.29 is 13.2 Å². The third kappa shape index (κ3) is 4.29. The van der Waals surface area contributed by atoms with Gasteiger partial charge >= 0.3 is 0 Å². The first-order valence-electron chi connectivity index (χ1n) is 5.95. The van der Waals surface area contributed by atoms with Crippen LogP contribution in [0, 0.1) is 17.5 Å². The standard InChI is InChI=1S/C13H18F3N/c1-3-4-5-6-9(2)17-12-8-10(14)7-11(15)13(12)16/h7-9,17H,3-6H2,1-2H3. The van der Waals surface area contributed by atoms with Gasteiger partial charge in [-0.25, -0.2) is 13.2 Å². The predicted octanol–water partition coefficient (Wildman–Crippen LogP) is 4.48. The molecule has 0 saturated carbocycles. The summed E-state index contributed by atoms with van der Waals surface area (Å²) in [5.41, 5.74) is -0.105. The summed E-state index contributed by atoms with van der Waals surface area (Å²) < 4.78 is 39.2. The molecule has 1 nitrogen and oxygen atoms in total. The van der Waals surface area contributed by atoms with Gasteiger partial charge in [-0.1, -0.05) is 26.2 Å². The number of unbranched alkanes of at least 4 members (excludes halogenated alkanes) is 2. The summed E-state index contributed by atoms with van der Waals surface area (Å²) in [6.45, 7) is 3.97. The van der Waals surface area contributed by atoms with Crippen LogP contribution < -0.4 is 5.32 Å². The molecule has 0 fully saturated rings. The van der Waals surface area contributed by atoms with Crippen LogP contribution in [0.15, 0.2) is 12.1 Å². The van der Waals surface area contributed by atoms with E-state index >= 15 is 0 Å². The number of halogens is 3. The van der Waals surface area contributed by atoms with Crippen LogP contribution in [-0.2, 0) is 0 Å². The fourth-order valence-electron chi connectivity index (χ4n) is 1.70. The van der Waals surface area contributed by atoms with Gasteiger partial charge < -0.3 is 5.32 Å². The van der Waals surface area contributed by atoms with Gasteiger partial charge in [0.2, 0.25) is 0 Å². The molecule has 17 heavy (non-hydrogen) atoms. The minimum Gasteiger partial charge on any atom is -0.380 e. The molecular formula is C13H18F3N. The Morgan fingerprint density at radius 3 is 2.53 bits per heavy atom. The maximum Gasteiger partial charge on any atom is 0.182 e. The van der Waals surface area contributed by atoms with Gasteiger partial charge in [0.05, 0.1) is 5.69 Å². The summed E-state index contributed by atoms with van der Waals surface area (Å²) >= 11 is 0. The molecular weight excluding hydrogens is 227 g/mol. The fourth-order valence-corrected chi connectivity index (χ4v) is 1.70. The highest BCUT2D eigenvalue weighted by atomic mass is 19.2. The van der Waals surface area contributed by atoms with Gasteiger partial charge in [0, 0.05) is 18.2 Å². The Bertz CT molecular complexity index is 366. The van der Waals surface area contributed by atoms with Crippen molar-refractivity contribution >= 4 is 5.69 Å². The summed E-state index contributed by atoms with van der Waals surface area (Å²) in [7, 11) is 0. The normalized spacial score (nSPS) is 12.5. The molecule has 0 bridgehead atoms. The van der Waals surface area contributed by atoms with Crippen LogP contribution >= 0.6 is 0 Å². The van der Waals surface area contributed by atoms with Gasteiger partial charge in [-0.2, -0.15) is 0 Å². The molecule has 96 valence electrons. The van der Waals surface area contributed by atoms with Gasteiger partial charge in [-0.15, -0.1) is 0 Å². The molecule has 1 atom stereocenters. The van der Waals surface area contributed by atoms with Crippen LogP contribution in [0.4, 0.5) is 18.9 Å². The van der Waals surface area contributed by atoms with E-state index < -0.39 is 17.5 Å². The van der Waals surface area contributed by atoms with Gasteiger partial charge in [-0.3, -0.25) is 0 Å². The Kier molecular flexibility index (Phi) is 5.32. The molecule has 0 heterocycles. The van der Waals surface area contributed by atoms with E-state index in [0.29, 0.717) is 6.07 Å². The number of hydrogen-bond donors (Lipinski definition) is 1. The van der Waals surface area contributed by atoms with Crippen molar-refractivity contribution in [1.29, 1.82) is 0 Å². The van der Waals surface area contributed by atoms with Crippen molar-refractivity contribution in [1.82, 2.24) is 0 Å². The highest BCUT2D eigenvalue weighted by Crippen LogP contribution is 2.20. The lowest BCUT2D eigenvalue weighted by Crippen LogP contribution is -2.16. The smallest absolute Gasteiger partial charge is 0.182 e. The van der Waals surface area contributed by atoms with Crippen molar-refractivity contribution in [3.05, 3.63) is 29.6 Å². The van der Waals surface area contributed by atoms with Gasteiger partial charge in [0.25, 0.3) is 0 Å². The zero-order valence-electron chi connectivity index (χ0n) is 10.2. The van der Waals surface area contributed by atoms with E-state index in [1.165, 1.54) is 0 Å². The van der Waals surface area contributed by atoms with Gasteiger partial charge in [-0.05, 0) is 13.3 Å². The summed E-state index contributed by atoms with van der Waals surface area (Å²) in [4.78, 5) is 0. The molecule has 4 heteroatoms. The van der Waals surface area contributed by atoms with Crippen LogP contribution in [0.3, 0.4) is 0 Å². The lowest BCUT2D eigenvalue weighted by Gasteiger charge is -2.15. The Hall–Kier alpha value is -1.19. The quantitative estimate of drug-likeness (QED) is 0.575. The number of hydrogen-bond acceptors (Lipinski definition) is 1. The highest BCUT2D eigenvalue weighted by molar-refractivity contribution is 5.46. The van der Waals surface area contributed by atoms with Crippen LogP contribution in [-0.4, -0.2) is 6.04 Å². The summed E-state index contributed by atoms with van der Waals surface area (Å²) in [6.07, 6.45) is 4.08. The molecule has 0 saturated heterocycles. The van der Waals surface area contributed by atoms with Crippen molar-refractivity contribution in [3.8, 4) is 0 Å². The van der Waals surface area contributed by atoms with Crippen molar-refractivity contribution in [2.24, 2.45) is 0 Å². The Morgan fingerprint density at radius 1 is 1.18 bits per heavy atom. The molecule has 0 spiro atoms. The molecule has 1 aromatic carbocycles. The van der Waals surface area contributed by atoms with E-state index in [2.05, 4.69) is 12.2 Å². The van der Waals surface area contributed by atoms with Crippen molar-refractivity contribution in [2.45, 2.75) is 45.6 Å². The maximum atomic E-state index is 13.3. The van der Waals surface area contributed by atoms with Gasteiger partial charge in [0.15, 0.2) is 11.6 Å². The van der Waals surface area contributed by atoms with Crippen LogP contribution in [0.2, 0.25) is 0 Å². The number of nitrogens with one attached hydrogen (secondary N) is 1. The molecule has 0 aliphatic carbocycles. The molecule has 0 aromatic heterocycles. The minimum atomic E-state index is -1.16. The van der Waals surface area contributed by atoms with E-state index in [1.54, 1.807) is 0 Å². The second-order valence-corrected chi connectivity index (χ2v) is 4.29. The first-order valence-corrected chi connectivity index (χ1v) is 5.95. The monoisotopic (exact) mass is 245 g/mol. The Labute approximate surface area is 100 Å². The van der Waals surface area contributed by atoms with Gasteiger partial charge in [0.1, 0.15) is 5.82 Å². The summed E-state index contributed by atoms with van der Waals surface area (Å²) in [6, 6.07) is 1.52. The second-order valence-electron chi connectivity index (χ2n) is 4.29.